The number of alkyl halides is 3. The van der Waals surface area contributed by atoms with Crippen LogP contribution in [0.4, 0.5) is 18.9 Å². The Hall–Kier alpha value is -1.47. The van der Waals surface area contributed by atoms with Gasteiger partial charge in [0.2, 0.25) is 0 Å². The van der Waals surface area contributed by atoms with Crippen LogP contribution in [0.5, 0.6) is 0 Å². The Kier molecular flexibility index (Phi) is 4.80. The average Bonchev–Trinajstić information content (AvgIpc) is 2.26. The number of benzene rings is 1. The van der Waals surface area contributed by atoms with Crippen molar-refractivity contribution in [2.75, 3.05) is 18.9 Å². The highest BCUT2D eigenvalue weighted by Crippen LogP contribution is 2.20. The van der Waals surface area contributed by atoms with E-state index in [1.54, 1.807) is 0 Å². The lowest BCUT2D eigenvalue weighted by molar-refractivity contribution is -0.326. The highest BCUT2D eigenvalue weighted by Gasteiger charge is 2.28. The summed E-state index contributed by atoms with van der Waals surface area (Å²) in [5.74, 6) is -0.863. The molecule has 0 amide bonds. The molecule has 0 aliphatic carbocycles. The molecule has 1 aromatic carbocycles. The van der Waals surface area contributed by atoms with Gasteiger partial charge in [-0.05, 0) is 18.2 Å². The van der Waals surface area contributed by atoms with E-state index in [2.05, 4.69) is 9.47 Å². The number of nitrogen functional groups attached to an aromatic ring is 1. The zero-order chi connectivity index (χ0) is 13.8. The number of nitrogens with two attached hydrogens (primary N) is 1. The van der Waals surface area contributed by atoms with Gasteiger partial charge in [0.25, 0.3) is 0 Å². The second-order valence-electron chi connectivity index (χ2n) is 3.17. The zero-order valence-electron chi connectivity index (χ0n) is 8.96. The third kappa shape index (κ3) is 4.80. The lowest BCUT2D eigenvalue weighted by Crippen LogP contribution is -2.19. The number of esters is 1. The van der Waals surface area contributed by atoms with E-state index in [0.29, 0.717) is 0 Å². The predicted octanol–water partition coefficient (Wildman–Crippen LogP) is 2.62. The standard InChI is InChI=1S/C10H9ClF3NO3/c11-8-2-1-6(15)5-7(8)9(16)17-3-4-18-10(12,13)14/h1-2,5H,3-4,15H2. The van der Waals surface area contributed by atoms with Crippen LogP contribution >= 0.6 is 11.6 Å². The van der Waals surface area contributed by atoms with Crippen molar-refractivity contribution in [2.24, 2.45) is 0 Å². The first-order chi connectivity index (χ1) is 8.29. The lowest BCUT2D eigenvalue weighted by atomic mass is 10.2. The molecule has 0 unspecified atom stereocenters. The fraction of sp³-hybridized carbons (Fsp3) is 0.300. The highest BCUT2D eigenvalue weighted by atomic mass is 35.5. The van der Waals surface area contributed by atoms with Gasteiger partial charge in [0.05, 0.1) is 17.2 Å². The Balaban J connectivity index is 2.48. The normalized spacial score (nSPS) is 11.3. The van der Waals surface area contributed by atoms with Gasteiger partial charge in [0.1, 0.15) is 6.61 Å². The molecule has 100 valence electrons. The maximum atomic E-state index is 11.6. The van der Waals surface area contributed by atoms with Crippen molar-refractivity contribution in [1.82, 2.24) is 0 Å². The van der Waals surface area contributed by atoms with Gasteiger partial charge in [-0.25, -0.2) is 4.79 Å². The van der Waals surface area contributed by atoms with E-state index in [0.717, 1.165) is 0 Å². The van der Waals surface area contributed by atoms with Crippen molar-refractivity contribution in [3.8, 4) is 0 Å². The van der Waals surface area contributed by atoms with Gasteiger partial charge in [-0.2, -0.15) is 0 Å². The average molecular weight is 284 g/mol. The molecule has 0 aliphatic heterocycles. The summed E-state index contributed by atoms with van der Waals surface area (Å²) < 4.78 is 42.8. The van der Waals surface area contributed by atoms with Gasteiger partial charge >= 0.3 is 12.3 Å². The van der Waals surface area contributed by atoms with Crippen LogP contribution in [-0.2, 0) is 9.47 Å². The van der Waals surface area contributed by atoms with Gasteiger partial charge in [-0.3, -0.25) is 4.74 Å². The van der Waals surface area contributed by atoms with E-state index >= 15 is 0 Å². The molecule has 4 nitrogen and oxygen atoms in total. The van der Waals surface area contributed by atoms with Crippen LogP contribution in [0, 0.1) is 0 Å². The SMILES string of the molecule is Nc1ccc(Cl)c(C(=O)OCCOC(F)(F)F)c1. The van der Waals surface area contributed by atoms with Crippen LogP contribution in [0.1, 0.15) is 10.4 Å². The van der Waals surface area contributed by atoms with Gasteiger partial charge in [0.15, 0.2) is 0 Å². The minimum Gasteiger partial charge on any atom is -0.460 e. The molecular formula is C10H9ClF3NO3. The number of carbonyl (C=O) groups excluding carboxylic acids is 1. The number of halogens is 4. The highest BCUT2D eigenvalue weighted by molar-refractivity contribution is 6.33. The smallest absolute Gasteiger partial charge is 0.460 e. The number of anilines is 1. The van der Waals surface area contributed by atoms with Crippen LogP contribution in [0.2, 0.25) is 5.02 Å². The van der Waals surface area contributed by atoms with E-state index in [1.807, 2.05) is 0 Å². The molecule has 0 fully saturated rings. The molecular weight excluding hydrogens is 275 g/mol. The maximum absolute atomic E-state index is 11.6. The summed E-state index contributed by atoms with van der Waals surface area (Å²) in [6, 6.07) is 4.14. The molecule has 0 heterocycles. The van der Waals surface area contributed by atoms with Crippen molar-refractivity contribution >= 4 is 23.3 Å². The Bertz CT molecular complexity index is 437. The van der Waals surface area contributed by atoms with E-state index in [1.165, 1.54) is 18.2 Å². The van der Waals surface area contributed by atoms with Gasteiger partial charge in [-0.15, -0.1) is 13.2 Å². The fourth-order valence-electron chi connectivity index (χ4n) is 1.07. The second kappa shape index (κ2) is 5.92. The van der Waals surface area contributed by atoms with E-state index in [4.69, 9.17) is 17.3 Å². The topological polar surface area (TPSA) is 61.6 Å². The number of carbonyl (C=O) groups is 1. The molecule has 18 heavy (non-hydrogen) atoms. The van der Waals surface area contributed by atoms with Crippen molar-refractivity contribution in [2.45, 2.75) is 6.36 Å². The molecule has 0 saturated carbocycles. The fourth-order valence-corrected chi connectivity index (χ4v) is 1.26. The molecule has 0 saturated heterocycles. The predicted molar refractivity (Wildman–Crippen MR) is 58.2 cm³/mol. The first-order valence-corrected chi connectivity index (χ1v) is 5.10. The van der Waals surface area contributed by atoms with E-state index in [-0.39, 0.29) is 16.3 Å². The minimum atomic E-state index is -4.75. The monoisotopic (exact) mass is 283 g/mol. The molecule has 0 atom stereocenters. The van der Waals surface area contributed by atoms with Gasteiger partial charge in [-0.1, -0.05) is 11.6 Å². The van der Waals surface area contributed by atoms with Crippen LogP contribution in [0.25, 0.3) is 0 Å². The minimum absolute atomic E-state index is 0.0105. The van der Waals surface area contributed by atoms with E-state index in [9.17, 15) is 18.0 Å². The van der Waals surface area contributed by atoms with Gasteiger partial charge in [0, 0.05) is 5.69 Å². The Morgan fingerprint density at radius 1 is 1.33 bits per heavy atom. The second-order valence-corrected chi connectivity index (χ2v) is 3.58. The Labute approximate surface area is 105 Å². The molecule has 8 heteroatoms. The number of hydrogen-bond acceptors (Lipinski definition) is 4. The molecule has 0 radical (unpaired) electrons. The quantitative estimate of drug-likeness (QED) is 0.524. The molecule has 0 aromatic heterocycles. The molecule has 1 rings (SSSR count). The summed E-state index contributed by atoms with van der Waals surface area (Å²) >= 11 is 5.71. The Morgan fingerprint density at radius 2 is 2.00 bits per heavy atom. The number of rotatable bonds is 4. The van der Waals surface area contributed by atoms with E-state index < -0.39 is 25.5 Å². The largest absolute Gasteiger partial charge is 0.522 e. The number of hydrogen-bond donors (Lipinski definition) is 1. The lowest BCUT2D eigenvalue weighted by Gasteiger charge is -2.09. The first-order valence-electron chi connectivity index (χ1n) is 4.72. The molecule has 0 bridgehead atoms. The van der Waals surface area contributed by atoms with Crippen molar-refractivity contribution in [1.29, 1.82) is 0 Å². The summed E-state index contributed by atoms with van der Waals surface area (Å²) in [7, 11) is 0. The molecule has 0 aliphatic rings. The number of ether oxygens (including phenoxy) is 2. The van der Waals surface area contributed by atoms with Crippen LogP contribution in [-0.4, -0.2) is 25.5 Å². The summed E-state index contributed by atoms with van der Waals surface area (Å²) in [4.78, 5) is 11.4. The van der Waals surface area contributed by atoms with Crippen LogP contribution < -0.4 is 5.73 Å². The van der Waals surface area contributed by atoms with Crippen molar-refractivity contribution < 1.29 is 27.4 Å². The Morgan fingerprint density at radius 3 is 2.61 bits per heavy atom. The van der Waals surface area contributed by atoms with Gasteiger partial charge < -0.3 is 10.5 Å². The van der Waals surface area contributed by atoms with Crippen LogP contribution in [0.15, 0.2) is 18.2 Å². The van der Waals surface area contributed by atoms with Crippen LogP contribution in [0.3, 0.4) is 0 Å². The van der Waals surface area contributed by atoms with Crippen molar-refractivity contribution in [3.63, 3.8) is 0 Å². The summed E-state index contributed by atoms with van der Waals surface area (Å²) in [6.45, 7) is -1.32. The maximum Gasteiger partial charge on any atom is 0.522 e. The zero-order valence-corrected chi connectivity index (χ0v) is 9.72. The summed E-state index contributed by atoms with van der Waals surface area (Å²) in [5, 5.41) is 0.103. The first kappa shape index (κ1) is 14.6. The summed E-state index contributed by atoms with van der Waals surface area (Å²) in [5.41, 5.74) is 5.72. The molecule has 2 N–H and O–H groups in total. The third-order valence-electron chi connectivity index (χ3n) is 1.79. The summed E-state index contributed by atoms with van der Waals surface area (Å²) in [6.07, 6.45) is -4.75. The molecule has 1 aromatic rings. The third-order valence-corrected chi connectivity index (χ3v) is 2.12. The van der Waals surface area contributed by atoms with Crippen molar-refractivity contribution in [3.05, 3.63) is 28.8 Å². The molecule has 0 spiro atoms.